The molecule has 0 saturated heterocycles. The van der Waals surface area contributed by atoms with E-state index >= 15 is 0 Å². The van der Waals surface area contributed by atoms with E-state index in [-0.39, 0.29) is 0 Å². The average Bonchev–Trinajstić information content (AvgIpc) is 3.25. The van der Waals surface area contributed by atoms with E-state index in [0.29, 0.717) is 5.41 Å². The highest BCUT2D eigenvalue weighted by atomic mass is 14.5. The largest absolute Gasteiger partial charge is 0.0622 e. The lowest BCUT2D eigenvalue weighted by Gasteiger charge is -2.30. The molecule has 0 nitrogen and oxygen atoms in total. The smallest absolute Gasteiger partial charge is 0.0217 e. The van der Waals surface area contributed by atoms with Gasteiger partial charge in [-0.25, -0.2) is 0 Å². The van der Waals surface area contributed by atoms with Gasteiger partial charge in [-0.15, -0.1) is 0 Å². The number of hydrogen-bond acceptors (Lipinski definition) is 0. The predicted molar refractivity (Wildman–Crippen MR) is 81.1 cm³/mol. The lowest BCUT2D eigenvalue weighted by atomic mass is 9.74. The fourth-order valence-electron chi connectivity index (χ4n) is 3.26. The minimum Gasteiger partial charge on any atom is -0.0622 e. The third kappa shape index (κ3) is 3.07. The third-order valence-electron chi connectivity index (χ3n) is 4.46. The number of benzene rings is 2. The molecule has 0 aliphatic heterocycles. The molecule has 0 heteroatoms. The summed E-state index contributed by atoms with van der Waals surface area (Å²) in [6, 6.07) is 21.9. The van der Waals surface area contributed by atoms with Crippen LogP contribution in [0.3, 0.4) is 0 Å². The predicted octanol–water partition coefficient (Wildman–Crippen LogP) is 4.89. The second-order valence-corrected chi connectivity index (χ2v) is 6.25. The zero-order valence-corrected chi connectivity index (χ0v) is 11.7. The van der Waals surface area contributed by atoms with Gasteiger partial charge in [-0.2, -0.15) is 0 Å². The van der Waals surface area contributed by atoms with Gasteiger partial charge in [0, 0.05) is 0 Å². The average molecular weight is 250 g/mol. The summed E-state index contributed by atoms with van der Waals surface area (Å²) in [5.74, 6) is 0.910. The van der Waals surface area contributed by atoms with Crippen LogP contribution < -0.4 is 0 Å². The molecule has 1 fully saturated rings. The summed E-state index contributed by atoms with van der Waals surface area (Å²) in [6.45, 7) is 2.48. The maximum Gasteiger partial charge on any atom is -0.0217 e. The Bertz CT molecular complexity index is 467. The monoisotopic (exact) mass is 250 g/mol. The van der Waals surface area contributed by atoms with Crippen molar-refractivity contribution in [3.8, 4) is 0 Å². The van der Waals surface area contributed by atoms with Crippen molar-refractivity contribution >= 4 is 0 Å². The molecule has 0 aromatic heterocycles. The maximum atomic E-state index is 2.48. The van der Waals surface area contributed by atoms with E-state index in [0.717, 1.165) is 5.92 Å². The molecule has 1 aliphatic carbocycles. The Morgan fingerprint density at radius 3 is 1.58 bits per heavy atom. The Labute approximate surface area is 116 Å². The second-order valence-electron chi connectivity index (χ2n) is 6.25. The van der Waals surface area contributed by atoms with Crippen LogP contribution in [-0.4, -0.2) is 0 Å². The third-order valence-corrected chi connectivity index (χ3v) is 4.46. The van der Waals surface area contributed by atoms with Crippen molar-refractivity contribution in [2.45, 2.75) is 32.6 Å². The molecule has 0 atom stereocenters. The molecule has 2 aromatic carbocycles. The first-order valence-corrected chi connectivity index (χ1v) is 7.34. The van der Waals surface area contributed by atoms with Crippen LogP contribution in [0.25, 0.3) is 0 Å². The standard InChI is InChI=1S/C19H22/c1-19(18-12-13-18,14-16-8-4-2-5-9-16)15-17-10-6-3-7-11-17/h2-11,18H,12-15H2,1H3. The van der Waals surface area contributed by atoms with Crippen molar-refractivity contribution in [2.24, 2.45) is 11.3 Å². The molecule has 98 valence electrons. The van der Waals surface area contributed by atoms with Gasteiger partial charge in [-0.1, -0.05) is 67.6 Å². The molecule has 0 radical (unpaired) electrons. The lowest BCUT2D eigenvalue weighted by molar-refractivity contribution is 0.267. The number of rotatable bonds is 5. The quantitative estimate of drug-likeness (QED) is 0.709. The first-order chi connectivity index (χ1) is 9.26. The summed E-state index contributed by atoms with van der Waals surface area (Å²) in [5.41, 5.74) is 3.38. The zero-order valence-electron chi connectivity index (χ0n) is 11.7. The molecule has 0 heterocycles. The molecule has 2 aromatic rings. The zero-order chi connectivity index (χ0) is 13.1. The fourth-order valence-corrected chi connectivity index (χ4v) is 3.26. The van der Waals surface area contributed by atoms with Crippen LogP contribution in [0.15, 0.2) is 60.7 Å². The minimum absolute atomic E-state index is 0.419. The van der Waals surface area contributed by atoms with Gasteiger partial charge in [0.25, 0.3) is 0 Å². The fraction of sp³-hybridized carbons (Fsp3) is 0.368. The van der Waals surface area contributed by atoms with E-state index in [9.17, 15) is 0 Å². The second kappa shape index (κ2) is 5.21. The van der Waals surface area contributed by atoms with Gasteiger partial charge >= 0.3 is 0 Å². The molecule has 1 saturated carbocycles. The van der Waals surface area contributed by atoms with E-state index in [2.05, 4.69) is 67.6 Å². The van der Waals surface area contributed by atoms with E-state index in [4.69, 9.17) is 0 Å². The van der Waals surface area contributed by atoms with E-state index in [1.165, 1.54) is 36.8 Å². The Morgan fingerprint density at radius 1 is 0.789 bits per heavy atom. The van der Waals surface area contributed by atoms with Crippen LogP contribution in [-0.2, 0) is 12.8 Å². The van der Waals surface area contributed by atoms with Crippen LogP contribution in [0.2, 0.25) is 0 Å². The molecule has 0 N–H and O–H groups in total. The molecule has 0 spiro atoms. The van der Waals surface area contributed by atoms with Crippen LogP contribution in [0.5, 0.6) is 0 Å². The molecular formula is C19H22. The summed E-state index contributed by atoms with van der Waals surface area (Å²) in [4.78, 5) is 0. The summed E-state index contributed by atoms with van der Waals surface area (Å²) >= 11 is 0. The van der Waals surface area contributed by atoms with Crippen LogP contribution in [0.4, 0.5) is 0 Å². The van der Waals surface area contributed by atoms with Crippen LogP contribution in [0.1, 0.15) is 30.9 Å². The van der Waals surface area contributed by atoms with E-state index in [1.807, 2.05) is 0 Å². The Hall–Kier alpha value is -1.56. The molecule has 3 rings (SSSR count). The minimum atomic E-state index is 0.419. The Balaban J connectivity index is 1.79. The van der Waals surface area contributed by atoms with Gasteiger partial charge in [0.15, 0.2) is 0 Å². The van der Waals surface area contributed by atoms with Gasteiger partial charge in [-0.05, 0) is 48.1 Å². The first kappa shape index (κ1) is 12.5. The highest BCUT2D eigenvalue weighted by Crippen LogP contribution is 2.49. The van der Waals surface area contributed by atoms with Crippen molar-refractivity contribution in [2.75, 3.05) is 0 Å². The van der Waals surface area contributed by atoms with E-state index < -0.39 is 0 Å². The van der Waals surface area contributed by atoms with Crippen molar-refractivity contribution in [1.82, 2.24) is 0 Å². The van der Waals surface area contributed by atoms with Gasteiger partial charge in [0.05, 0.1) is 0 Å². The van der Waals surface area contributed by atoms with Crippen molar-refractivity contribution in [1.29, 1.82) is 0 Å². The van der Waals surface area contributed by atoms with Crippen molar-refractivity contribution in [3.05, 3.63) is 71.8 Å². The topological polar surface area (TPSA) is 0 Å². The molecule has 1 aliphatic rings. The highest BCUT2D eigenvalue weighted by molar-refractivity contribution is 5.21. The van der Waals surface area contributed by atoms with Crippen molar-refractivity contribution < 1.29 is 0 Å². The molecule has 0 unspecified atom stereocenters. The van der Waals surface area contributed by atoms with Gasteiger partial charge in [0.2, 0.25) is 0 Å². The summed E-state index contributed by atoms with van der Waals surface area (Å²) < 4.78 is 0. The van der Waals surface area contributed by atoms with Gasteiger partial charge in [0.1, 0.15) is 0 Å². The maximum absolute atomic E-state index is 2.48. The Morgan fingerprint density at radius 2 is 1.21 bits per heavy atom. The summed E-state index contributed by atoms with van der Waals surface area (Å²) in [7, 11) is 0. The van der Waals surface area contributed by atoms with Gasteiger partial charge < -0.3 is 0 Å². The molecule has 19 heavy (non-hydrogen) atoms. The Kier molecular flexibility index (Phi) is 3.42. The highest BCUT2D eigenvalue weighted by Gasteiger charge is 2.41. The SMILES string of the molecule is CC(Cc1ccccc1)(Cc1ccccc1)C1CC1. The van der Waals surface area contributed by atoms with E-state index in [1.54, 1.807) is 0 Å². The van der Waals surface area contributed by atoms with Crippen LogP contribution in [0, 0.1) is 11.3 Å². The summed E-state index contributed by atoms with van der Waals surface area (Å²) in [6.07, 6.45) is 5.23. The van der Waals surface area contributed by atoms with Gasteiger partial charge in [-0.3, -0.25) is 0 Å². The van der Waals surface area contributed by atoms with Crippen LogP contribution >= 0.6 is 0 Å². The van der Waals surface area contributed by atoms with Crippen molar-refractivity contribution in [3.63, 3.8) is 0 Å². The number of hydrogen-bond donors (Lipinski definition) is 0. The molecule has 0 amide bonds. The molecular weight excluding hydrogens is 228 g/mol. The summed E-state index contributed by atoms with van der Waals surface area (Å²) in [5, 5.41) is 0. The first-order valence-electron chi connectivity index (χ1n) is 7.34. The molecule has 0 bridgehead atoms. The normalized spacial score (nSPS) is 15.4. The lowest BCUT2D eigenvalue weighted by Crippen LogP contribution is -2.25.